The third-order valence-corrected chi connectivity index (χ3v) is 8.04. The molecule has 1 aliphatic rings. The van der Waals surface area contributed by atoms with Crippen LogP contribution < -0.4 is 16.8 Å². The Morgan fingerprint density at radius 1 is 1.04 bits per heavy atom. The van der Waals surface area contributed by atoms with Crippen LogP contribution in [0.25, 0.3) is 0 Å². The van der Waals surface area contributed by atoms with Crippen molar-refractivity contribution in [2.75, 3.05) is 13.7 Å². The van der Waals surface area contributed by atoms with E-state index in [2.05, 4.69) is 5.32 Å². The molecule has 0 radical (unpaired) electrons. The van der Waals surface area contributed by atoms with Crippen molar-refractivity contribution in [1.29, 1.82) is 0 Å². The number of nitrogens with zero attached hydrogens (tertiary/aromatic N) is 1. The zero-order valence-corrected chi connectivity index (χ0v) is 26.9. The normalized spacial score (nSPS) is 23.6. The summed E-state index contributed by atoms with van der Waals surface area (Å²) in [7, 11) is 1.16. The van der Waals surface area contributed by atoms with Gasteiger partial charge in [-0.25, -0.2) is 4.79 Å². The molecule has 1 aliphatic heterocycles. The first-order chi connectivity index (χ1) is 23.1. The topological polar surface area (TPSA) is 241 Å². The van der Waals surface area contributed by atoms with Crippen LogP contribution in [0.3, 0.4) is 0 Å². The lowest BCUT2D eigenvalue weighted by Crippen LogP contribution is -2.65. The van der Waals surface area contributed by atoms with Gasteiger partial charge >= 0.3 is 11.9 Å². The van der Waals surface area contributed by atoms with Gasteiger partial charge in [-0.1, -0.05) is 60.7 Å². The van der Waals surface area contributed by atoms with Crippen LogP contribution in [-0.2, 0) is 38.2 Å². The van der Waals surface area contributed by atoms with Crippen LogP contribution in [0.4, 0.5) is 0 Å². The van der Waals surface area contributed by atoms with Crippen LogP contribution in [0.2, 0.25) is 0 Å². The highest BCUT2D eigenvalue weighted by Gasteiger charge is 2.47. The summed E-state index contributed by atoms with van der Waals surface area (Å²) < 4.78 is 26.1. The predicted molar refractivity (Wildman–Crippen MR) is 170 cm³/mol. The van der Waals surface area contributed by atoms with Crippen molar-refractivity contribution in [3.8, 4) is 0 Å². The molecule has 1 fully saturated rings. The van der Waals surface area contributed by atoms with Crippen molar-refractivity contribution in [2.45, 2.75) is 87.8 Å². The molecule has 2 aromatic carbocycles. The number of aliphatic carboxylic acids is 1. The molecule has 48 heavy (non-hydrogen) atoms. The molecule has 0 bridgehead atoms. The first-order valence-electron chi connectivity index (χ1n) is 15.8. The molecule has 0 aromatic heterocycles. The molecule has 262 valence electrons. The molecule has 2 aromatic rings. The number of nitrogens with two attached hydrogens (primary N) is 2. The quantitative estimate of drug-likeness (QED) is 0.125. The van der Waals surface area contributed by atoms with Crippen LogP contribution in [-0.4, -0.2) is 112 Å². The van der Waals surface area contributed by atoms with Gasteiger partial charge in [0.05, 0.1) is 20.1 Å². The molecule has 8 N–H and O–H groups in total. The third kappa shape index (κ3) is 10.0. The van der Waals surface area contributed by atoms with E-state index in [4.69, 9.17) is 27.0 Å². The monoisotopic (exact) mass is 673 g/mol. The zero-order chi connectivity index (χ0) is 36.5. The van der Waals surface area contributed by atoms with Crippen molar-refractivity contribution in [2.24, 2.45) is 11.5 Å². The number of aliphatic hydroxyl groups is 2. The van der Waals surface area contributed by atoms with E-state index in [1.165, 1.54) is 6.92 Å². The van der Waals surface area contributed by atoms with Crippen LogP contribution >= 0.6 is 0 Å². The van der Waals surface area contributed by atoms with Gasteiger partial charge < -0.3 is 51.2 Å². The van der Waals surface area contributed by atoms with E-state index in [-0.39, 0.29) is 12.8 Å². The Kier molecular flexibility index (Phi) is 13.4. The Balaban J connectivity index is 1.79. The molecule has 0 spiro atoms. The average Bonchev–Trinajstić information content (AvgIpc) is 3.08. The Bertz CT molecular complexity index is 1410. The van der Waals surface area contributed by atoms with E-state index in [0.29, 0.717) is 11.1 Å². The maximum absolute atomic E-state index is 13.7. The van der Waals surface area contributed by atoms with Crippen molar-refractivity contribution in [1.82, 2.24) is 10.2 Å². The number of carbonyl (C=O) groups is 5. The fraction of sp³-hybridized carbons (Fsp3) is 0.485. The van der Waals surface area contributed by atoms with Gasteiger partial charge in [-0.05, 0) is 24.5 Å². The highest BCUT2D eigenvalue weighted by molar-refractivity contribution is 5.91. The number of carbonyl (C=O) groups excluding carboxylic acids is 4. The number of amides is 3. The number of rotatable bonds is 16. The summed E-state index contributed by atoms with van der Waals surface area (Å²) in [4.78, 5) is 63.9. The van der Waals surface area contributed by atoms with Crippen LogP contribution in [0, 0.1) is 0 Å². The fourth-order valence-corrected chi connectivity index (χ4v) is 5.17. The minimum atomic E-state index is -2.51. The smallest absolute Gasteiger partial charge is 0.332 e. The van der Waals surface area contributed by atoms with Gasteiger partial charge in [0.25, 0.3) is 0 Å². The van der Waals surface area contributed by atoms with Gasteiger partial charge in [0, 0.05) is 26.8 Å². The van der Waals surface area contributed by atoms with Crippen molar-refractivity contribution in [3.63, 3.8) is 0 Å². The van der Waals surface area contributed by atoms with E-state index < -0.39 is 97.4 Å². The molecule has 3 rings (SSSR count). The Morgan fingerprint density at radius 3 is 2.08 bits per heavy atom. The molecule has 1 heterocycles. The molecule has 8 atom stereocenters. The molecule has 0 saturated carbocycles. The zero-order valence-electron chi connectivity index (χ0n) is 27.9. The molecule has 1 saturated heterocycles. The second-order valence-electron chi connectivity index (χ2n) is 11.4. The number of carboxylic acid groups (broad SMARTS) is 1. The number of hydrogen-bond donors (Lipinski definition) is 6. The maximum atomic E-state index is 13.7. The standard InChI is InChI=1S/C33H44N4O11/c1-18(33(44)45)46-30-27(34)24(47-25(17-38)28(30)41)16-23(37(3)19(2)39)32(43)36-22(31(35)42)14-15-26(40)48-29(20-10-6-4-7-11-20)21-12-8-5-9-13-21/h4-13,18,22-25,27-30,38,41H,14-17,34H2,1-3H3,(H2,35,42)(H,36,43)(H,44,45)/t18-,22+,23+,24?,25-,27+,28-,30-/m1/s1/i23D. The van der Waals surface area contributed by atoms with Crippen molar-refractivity contribution in [3.05, 3.63) is 71.8 Å². The number of carboxylic acids is 1. The molecular formula is C33H44N4O11. The van der Waals surface area contributed by atoms with Crippen molar-refractivity contribution < 1.29 is 54.9 Å². The van der Waals surface area contributed by atoms with E-state index in [0.717, 1.165) is 18.9 Å². The van der Waals surface area contributed by atoms with E-state index >= 15 is 0 Å². The largest absolute Gasteiger partial charge is 0.479 e. The molecule has 3 amide bonds. The van der Waals surface area contributed by atoms with Gasteiger partial charge in [0.15, 0.2) is 12.2 Å². The fourth-order valence-electron chi connectivity index (χ4n) is 5.17. The average molecular weight is 674 g/mol. The van der Waals surface area contributed by atoms with E-state index in [1.807, 2.05) is 12.1 Å². The number of esters is 1. The summed E-state index contributed by atoms with van der Waals surface area (Å²) in [5.74, 6) is -4.99. The van der Waals surface area contributed by atoms with Crippen molar-refractivity contribution >= 4 is 29.7 Å². The second-order valence-corrected chi connectivity index (χ2v) is 11.4. The molecule has 15 nitrogen and oxygen atoms in total. The first kappa shape index (κ1) is 36.4. The number of benzene rings is 2. The summed E-state index contributed by atoms with van der Waals surface area (Å²) in [5, 5.41) is 32.1. The number of ether oxygens (including phenoxy) is 3. The van der Waals surface area contributed by atoms with Gasteiger partial charge in [0.1, 0.15) is 30.4 Å². The first-order valence-corrected chi connectivity index (χ1v) is 15.3. The maximum Gasteiger partial charge on any atom is 0.332 e. The summed E-state index contributed by atoms with van der Waals surface area (Å²) in [5.41, 5.74) is 13.3. The van der Waals surface area contributed by atoms with Gasteiger partial charge in [-0.15, -0.1) is 0 Å². The summed E-state index contributed by atoms with van der Waals surface area (Å²) >= 11 is 0. The Labute approximate surface area is 279 Å². The van der Waals surface area contributed by atoms with Gasteiger partial charge in [-0.2, -0.15) is 0 Å². The number of nitrogens with one attached hydrogen (secondary N) is 1. The summed E-state index contributed by atoms with van der Waals surface area (Å²) in [6, 6.07) is 12.7. The minimum absolute atomic E-state index is 0.308. The van der Waals surface area contributed by atoms with E-state index in [1.54, 1.807) is 48.5 Å². The van der Waals surface area contributed by atoms with Crippen LogP contribution in [0.1, 0.15) is 51.7 Å². The van der Waals surface area contributed by atoms with Gasteiger partial charge in [0.2, 0.25) is 17.7 Å². The summed E-state index contributed by atoms with van der Waals surface area (Å²) in [6.45, 7) is 1.55. The molecule has 0 aliphatic carbocycles. The molecule has 15 heteroatoms. The Morgan fingerprint density at radius 2 is 1.60 bits per heavy atom. The predicted octanol–water partition coefficient (Wildman–Crippen LogP) is -0.387. The Hall–Kier alpha value is -4.41. The number of likely N-dealkylation sites (N-methyl/N-ethyl adjacent to an activating group) is 1. The minimum Gasteiger partial charge on any atom is -0.479 e. The summed E-state index contributed by atoms with van der Waals surface area (Å²) in [6.07, 6.45) is -9.17. The molecular weight excluding hydrogens is 628 g/mol. The molecule has 1 unspecified atom stereocenters. The number of hydrogen-bond acceptors (Lipinski definition) is 11. The highest BCUT2D eigenvalue weighted by atomic mass is 16.6. The van der Waals surface area contributed by atoms with Crippen LogP contribution in [0.15, 0.2) is 60.7 Å². The third-order valence-electron chi connectivity index (χ3n) is 8.04. The second kappa shape index (κ2) is 17.7. The SMILES string of the molecule is [2H][C@](CC1O[C@H](CO)[C@@H](O)[C@H](O[C@H](C)C(=O)O)[C@H]1N)(C(=O)N[C@@H](CCC(=O)OC(c1ccccc1)c1ccccc1)C(N)=O)N(C)C(C)=O. The number of aliphatic hydroxyl groups excluding tert-OH is 2. The lowest BCUT2D eigenvalue weighted by Gasteiger charge is -2.44. The number of primary amides is 1. The highest BCUT2D eigenvalue weighted by Crippen LogP contribution is 2.28. The lowest BCUT2D eigenvalue weighted by atomic mass is 9.89. The van der Waals surface area contributed by atoms with Gasteiger partial charge in [-0.3, -0.25) is 19.2 Å². The van der Waals surface area contributed by atoms with E-state index in [9.17, 15) is 39.3 Å². The lowest BCUT2D eigenvalue weighted by molar-refractivity contribution is -0.217. The van der Waals surface area contributed by atoms with Crippen LogP contribution in [0.5, 0.6) is 0 Å².